The van der Waals surface area contributed by atoms with Crippen molar-refractivity contribution in [3.05, 3.63) is 18.3 Å². The Morgan fingerprint density at radius 1 is 1.55 bits per heavy atom. The molecule has 2 atom stereocenters. The lowest BCUT2D eigenvalue weighted by Gasteiger charge is -2.37. The molecule has 1 aliphatic heterocycles. The maximum absolute atomic E-state index is 12.8. The van der Waals surface area contributed by atoms with E-state index in [9.17, 15) is 8.42 Å². The van der Waals surface area contributed by atoms with Gasteiger partial charge in [0.05, 0.1) is 18.4 Å². The molecule has 7 heteroatoms. The highest BCUT2D eigenvalue weighted by atomic mass is 32.2. The minimum atomic E-state index is -3.62. The summed E-state index contributed by atoms with van der Waals surface area (Å²) < 4.78 is 32.8. The van der Waals surface area contributed by atoms with Crippen LogP contribution in [0.25, 0.3) is 0 Å². The number of hydrogen-bond donors (Lipinski definition) is 1. The molecule has 0 spiro atoms. The monoisotopic (exact) mass is 299 g/mol. The van der Waals surface area contributed by atoms with E-state index >= 15 is 0 Å². The Kier molecular flexibility index (Phi) is 4.62. The number of nitrogens with zero attached hydrogens (tertiary/aromatic N) is 2. The zero-order chi connectivity index (χ0) is 14.8. The predicted molar refractivity (Wildman–Crippen MR) is 77.2 cm³/mol. The number of hydrogen-bond acceptors (Lipinski definition) is 5. The van der Waals surface area contributed by atoms with Crippen LogP contribution in [0.3, 0.4) is 0 Å². The van der Waals surface area contributed by atoms with Crippen molar-refractivity contribution in [2.45, 2.75) is 37.4 Å². The van der Waals surface area contributed by atoms with Crippen LogP contribution in [-0.4, -0.2) is 50.1 Å². The van der Waals surface area contributed by atoms with E-state index in [4.69, 9.17) is 4.74 Å². The molecule has 0 aliphatic carbocycles. The predicted octanol–water partition coefficient (Wildman–Crippen LogP) is 1.31. The Morgan fingerprint density at radius 3 is 2.95 bits per heavy atom. The largest absolute Gasteiger partial charge is 0.386 e. The van der Waals surface area contributed by atoms with Gasteiger partial charge in [-0.25, -0.2) is 13.4 Å². The Hall–Kier alpha value is -1.18. The fourth-order valence-corrected chi connectivity index (χ4v) is 4.20. The first-order valence-corrected chi connectivity index (χ1v) is 8.21. The topological polar surface area (TPSA) is 71.5 Å². The van der Waals surface area contributed by atoms with Crippen molar-refractivity contribution in [2.24, 2.45) is 0 Å². The van der Waals surface area contributed by atoms with Gasteiger partial charge in [-0.1, -0.05) is 6.92 Å². The standard InChI is InChI=1S/C13H21N3O3S/c1-4-11-9-19-10(2)8-16(11)20(17,18)13-12(14-3)6-5-7-15-13/h5-7,10-11,14H,4,8-9H2,1-3H3. The van der Waals surface area contributed by atoms with Crippen LogP contribution in [-0.2, 0) is 14.8 Å². The van der Waals surface area contributed by atoms with E-state index in [1.54, 1.807) is 19.2 Å². The normalized spacial score (nSPS) is 24.6. The number of aromatic nitrogens is 1. The summed E-state index contributed by atoms with van der Waals surface area (Å²) in [5.74, 6) is 0. The molecule has 0 saturated carbocycles. The van der Waals surface area contributed by atoms with Gasteiger partial charge in [-0.15, -0.1) is 0 Å². The quantitative estimate of drug-likeness (QED) is 0.907. The summed E-state index contributed by atoms with van der Waals surface area (Å²) in [5, 5.41) is 2.96. The van der Waals surface area contributed by atoms with E-state index in [2.05, 4.69) is 10.3 Å². The average Bonchev–Trinajstić information content (AvgIpc) is 2.47. The lowest BCUT2D eigenvalue weighted by Crippen LogP contribution is -2.51. The average molecular weight is 299 g/mol. The molecule has 20 heavy (non-hydrogen) atoms. The first-order valence-electron chi connectivity index (χ1n) is 6.77. The van der Waals surface area contributed by atoms with E-state index in [1.165, 1.54) is 10.5 Å². The third-order valence-electron chi connectivity index (χ3n) is 3.48. The molecule has 0 aromatic carbocycles. The van der Waals surface area contributed by atoms with E-state index in [0.717, 1.165) is 0 Å². The molecular formula is C13H21N3O3S. The summed E-state index contributed by atoms with van der Waals surface area (Å²) >= 11 is 0. The highest BCUT2D eigenvalue weighted by Gasteiger charge is 2.37. The van der Waals surface area contributed by atoms with Crippen LogP contribution in [0.15, 0.2) is 23.4 Å². The summed E-state index contributed by atoms with van der Waals surface area (Å²) in [7, 11) is -1.93. The number of rotatable bonds is 4. The van der Waals surface area contributed by atoms with Gasteiger partial charge in [-0.05, 0) is 25.5 Å². The number of morpholine rings is 1. The van der Waals surface area contributed by atoms with Crippen molar-refractivity contribution < 1.29 is 13.2 Å². The van der Waals surface area contributed by atoms with Gasteiger partial charge in [0.1, 0.15) is 0 Å². The summed E-state index contributed by atoms with van der Waals surface area (Å²) in [4.78, 5) is 4.06. The van der Waals surface area contributed by atoms with Crippen LogP contribution in [0.4, 0.5) is 5.69 Å². The molecular weight excluding hydrogens is 278 g/mol. The van der Waals surface area contributed by atoms with Crippen LogP contribution in [0.2, 0.25) is 0 Å². The fraction of sp³-hybridized carbons (Fsp3) is 0.615. The van der Waals surface area contributed by atoms with Crippen LogP contribution < -0.4 is 5.32 Å². The summed E-state index contributed by atoms with van der Waals surface area (Å²) in [6, 6.07) is 3.29. The molecule has 2 rings (SSSR count). The molecule has 0 bridgehead atoms. The van der Waals surface area contributed by atoms with Gasteiger partial charge in [-0.3, -0.25) is 0 Å². The second-order valence-electron chi connectivity index (χ2n) is 4.89. The lowest BCUT2D eigenvalue weighted by atomic mass is 10.2. The van der Waals surface area contributed by atoms with Crippen LogP contribution in [0.5, 0.6) is 0 Å². The van der Waals surface area contributed by atoms with Gasteiger partial charge in [0, 0.05) is 25.8 Å². The molecule has 1 saturated heterocycles. The Labute approximate surface area is 120 Å². The number of pyridine rings is 1. The zero-order valence-electron chi connectivity index (χ0n) is 12.0. The van der Waals surface area contributed by atoms with Crippen LogP contribution in [0, 0.1) is 0 Å². The highest BCUT2D eigenvalue weighted by molar-refractivity contribution is 7.89. The molecule has 0 radical (unpaired) electrons. The maximum atomic E-state index is 12.8. The zero-order valence-corrected chi connectivity index (χ0v) is 12.9. The SMILES string of the molecule is CCC1COC(C)CN1S(=O)(=O)c1ncccc1NC. The van der Waals surface area contributed by atoms with Crippen molar-refractivity contribution in [1.29, 1.82) is 0 Å². The molecule has 1 fully saturated rings. The summed E-state index contributed by atoms with van der Waals surface area (Å²) in [5.41, 5.74) is 0.515. The van der Waals surface area contributed by atoms with Gasteiger partial charge >= 0.3 is 0 Å². The smallest absolute Gasteiger partial charge is 0.263 e. The lowest BCUT2D eigenvalue weighted by molar-refractivity contribution is -0.0231. The second-order valence-corrected chi connectivity index (χ2v) is 6.69. The van der Waals surface area contributed by atoms with E-state index in [-0.39, 0.29) is 17.2 Å². The van der Waals surface area contributed by atoms with Crippen molar-refractivity contribution in [3.63, 3.8) is 0 Å². The second kappa shape index (κ2) is 6.07. The molecule has 1 aromatic heterocycles. The van der Waals surface area contributed by atoms with Crippen molar-refractivity contribution in [1.82, 2.24) is 9.29 Å². The third-order valence-corrected chi connectivity index (χ3v) is 5.36. The molecule has 1 N–H and O–H groups in total. The molecule has 2 unspecified atom stereocenters. The summed E-state index contributed by atoms with van der Waals surface area (Å²) in [6.45, 7) is 4.63. The van der Waals surface area contributed by atoms with Crippen LogP contribution in [0.1, 0.15) is 20.3 Å². The van der Waals surface area contributed by atoms with E-state index in [1.807, 2.05) is 13.8 Å². The Balaban J connectivity index is 2.42. The molecule has 6 nitrogen and oxygen atoms in total. The first-order chi connectivity index (χ1) is 9.50. The highest BCUT2D eigenvalue weighted by Crippen LogP contribution is 2.26. The third kappa shape index (κ3) is 2.79. The molecule has 0 amide bonds. The van der Waals surface area contributed by atoms with E-state index < -0.39 is 10.0 Å². The minimum absolute atomic E-state index is 0.0788. The number of sulfonamides is 1. The Bertz CT molecular complexity index is 562. The number of nitrogens with one attached hydrogen (secondary N) is 1. The Morgan fingerprint density at radius 2 is 2.30 bits per heavy atom. The van der Waals surface area contributed by atoms with Crippen molar-refractivity contribution >= 4 is 15.7 Å². The fourth-order valence-electron chi connectivity index (χ4n) is 2.33. The van der Waals surface area contributed by atoms with Gasteiger partial charge in [0.25, 0.3) is 10.0 Å². The molecule has 1 aliphatic rings. The van der Waals surface area contributed by atoms with Gasteiger partial charge < -0.3 is 10.1 Å². The van der Waals surface area contributed by atoms with Crippen molar-refractivity contribution in [3.8, 4) is 0 Å². The molecule has 1 aromatic rings. The number of ether oxygens (including phenoxy) is 1. The summed E-state index contributed by atoms with van der Waals surface area (Å²) in [6.07, 6.45) is 2.11. The first kappa shape index (κ1) is 15.2. The van der Waals surface area contributed by atoms with Crippen molar-refractivity contribution in [2.75, 3.05) is 25.5 Å². The van der Waals surface area contributed by atoms with Gasteiger partial charge in [0.2, 0.25) is 0 Å². The minimum Gasteiger partial charge on any atom is -0.386 e. The molecule has 112 valence electrons. The maximum Gasteiger partial charge on any atom is 0.263 e. The van der Waals surface area contributed by atoms with Crippen LogP contribution >= 0.6 is 0 Å². The van der Waals surface area contributed by atoms with Gasteiger partial charge in [-0.2, -0.15) is 4.31 Å². The molecule has 2 heterocycles. The number of anilines is 1. The van der Waals surface area contributed by atoms with Gasteiger partial charge in [0.15, 0.2) is 5.03 Å². The van der Waals surface area contributed by atoms with E-state index in [0.29, 0.717) is 25.3 Å².